The number of hydrogen-bond acceptors (Lipinski definition) is 2. The summed E-state index contributed by atoms with van der Waals surface area (Å²) >= 11 is 11.9. The number of benzene rings is 1. The van der Waals surface area contributed by atoms with Gasteiger partial charge in [-0.15, -0.1) is 0 Å². The molecule has 0 N–H and O–H groups in total. The second-order valence-corrected chi connectivity index (χ2v) is 5.27. The first-order valence-corrected chi connectivity index (χ1v) is 6.80. The third-order valence-electron chi connectivity index (χ3n) is 3.09. The number of halogens is 2. The Balaban J connectivity index is 1.93. The quantitative estimate of drug-likeness (QED) is 0.684. The van der Waals surface area contributed by atoms with Gasteiger partial charge < -0.3 is 0 Å². The van der Waals surface area contributed by atoms with Gasteiger partial charge in [0.15, 0.2) is 5.78 Å². The first-order chi connectivity index (χ1) is 9.65. The Bertz CT molecular complexity index is 795. The maximum Gasteiger partial charge on any atom is 0.171 e. The Hall–Kier alpha value is -1.84. The molecule has 0 fully saturated rings. The number of nitrogens with zero attached hydrogens (tertiary/aromatic N) is 2. The maximum absolute atomic E-state index is 12.4. The van der Waals surface area contributed by atoms with Gasteiger partial charge in [0.2, 0.25) is 0 Å². The molecule has 0 unspecified atom stereocenters. The Morgan fingerprint density at radius 2 is 2.05 bits per heavy atom. The summed E-state index contributed by atoms with van der Waals surface area (Å²) in [6.45, 7) is 0. The van der Waals surface area contributed by atoms with Crippen LogP contribution in [-0.4, -0.2) is 15.4 Å². The van der Waals surface area contributed by atoms with Crippen molar-refractivity contribution in [3.05, 3.63) is 70.0 Å². The van der Waals surface area contributed by atoms with Crippen LogP contribution in [0, 0.1) is 0 Å². The van der Waals surface area contributed by atoms with Gasteiger partial charge in [-0.05, 0) is 29.8 Å². The lowest BCUT2D eigenvalue weighted by molar-refractivity contribution is 0.0994. The van der Waals surface area contributed by atoms with Gasteiger partial charge >= 0.3 is 0 Å². The molecule has 2 heterocycles. The lowest BCUT2D eigenvalue weighted by Crippen LogP contribution is -2.03. The lowest BCUT2D eigenvalue weighted by atomic mass is 10.0. The van der Waals surface area contributed by atoms with Crippen LogP contribution in [0.5, 0.6) is 0 Å². The Morgan fingerprint density at radius 1 is 1.20 bits per heavy atom. The molecule has 0 spiro atoms. The van der Waals surface area contributed by atoms with Crippen molar-refractivity contribution in [3.8, 4) is 0 Å². The molecular weight excluding hydrogens is 295 g/mol. The van der Waals surface area contributed by atoms with Crippen LogP contribution >= 0.6 is 23.2 Å². The minimum Gasteiger partial charge on any atom is -0.294 e. The third-order valence-corrected chi connectivity index (χ3v) is 3.68. The van der Waals surface area contributed by atoms with E-state index in [1.807, 2.05) is 18.2 Å². The van der Waals surface area contributed by atoms with Crippen LogP contribution in [0.15, 0.2) is 48.8 Å². The van der Waals surface area contributed by atoms with Crippen LogP contribution in [-0.2, 0) is 6.42 Å². The summed E-state index contributed by atoms with van der Waals surface area (Å²) in [5.74, 6) is -0.0181. The molecule has 3 nitrogen and oxygen atoms in total. The topological polar surface area (TPSA) is 34.4 Å². The van der Waals surface area contributed by atoms with Crippen LogP contribution in [0.1, 0.15) is 15.9 Å². The minimum atomic E-state index is -0.0181. The van der Waals surface area contributed by atoms with Crippen LogP contribution in [0.2, 0.25) is 10.0 Å². The van der Waals surface area contributed by atoms with Gasteiger partial charge in [-0.1, -0.05) is 35.3 Å². The number of rotatable bonds is 3. The molecule has 0 saturated heterocycles. The van der Waals surface area contributed by atoms with E-state index in [4.69, 9.17) is 23.2 Å². The monoisotopic (exact) mass is 304 g/mol. The molecule has 0 aliphatic carbocycles. The zero-order valence-corrected chi connectivity index (χ0v) is 11.9. The molecule has 0 radical (unpaired) electrons. The summed E-state index contributed by atoms with van der Waals surface area (Å²) < 4.78 is 1.68. The zero-order chi connectivity index (χ0) is 14.1. The molecule has 1 aromatic carbocycles. The molecule has 0 aliphatic rings. The third kappa shape index (κ3) is 2.42. The Kier molecular flexibility index (Phi) is 3.47. The van der Waals surface area contributed by atoms with Crippen molar-refractivity contribution >= 4 is 34.5 Å². The van der Waals surface area contributed by atoms with Gasteiger partial charge in [-0.2, -0.15) is 5.10 Å². The molecule has 5 heteroatoms. The van der Waals surface area contributed by atoms with E-state index in [-0.39, 0.29) is 12.2 Å². The molecule has 0 atom stereocenters. The van der Waals surface area contributed by atoms with Crippen molar-refractivity contribution in [3.63, 3.8) is 0 Å². The van der Waals surface area contributed by atoms with E-state index >= 15 is 0 Å². The molecule has 100 valence electrons. The van der Waals surface area contributed by atoms with Gasteiger partial charge in [-0.25, -0.2) is 4.52 Å². The SMILES string of the molecule is O=C(Cc1ccc(Cl)cc1Cl)c1cnn2ccccc12. The number of aromatic nitrogens is 2. The second kappa shape index (κ2) is 5.27. The number of carbonyl (C=O) groups is 1. The fourth-order valence-electron chi connectivity index (χ4n) is 2.08. The summed E-state index contributed by atoms with van der Waals surface area (Å²) in [4.78, 5) is 12.4. The van der Waals surface area contributed by atoms with Gasteiger partial charge in [0.05, 0.1) is 17.3 Å². The Morgan fingerprint density at radius 3 is 2.85 bits per heavy atom. The number of fused-ring (bicyclic) bond motifs is 1. The highest BCUT2D eigenvalue weighted by atomic mass is 35.5. The van der Waals surface area contributed by atoms with Crippen molar-refractivity contribution < 1.29 is 4.79 Å². The molecular formula is C15H10Cl2N2O. The number of hydrogen-bond donors (Lipinski definition) is 0. The predicted molar refractivity (Wildman–Crippen MR) is 79.7 cm³/mol. The molecule has 3 rings (SSSR count). The summed E-state index contributed by atoms with van der Waals surface area (Å²) in [5.41, 5.74) is 2.15. The van der Waals surface area contributed by atoms with E-state index in [1.54, 1.807) is 35.1 Å². The van der Waals surface area contributed by atoms with Gasteiger partial charge in [-0.3, -0.25) is 4.79 Å². The molecule has 2 aromatic heterocycles. The van der Waals surface area contributed by atoms with E-state index in [2.05, 4.69) is 5.10 Å². The van der Waals surface area contributed by atoms with Crippen molar-refractivity contribution in [1.82, 2.24) is 9.61 Å². The van der Waals surface area contributed by atoms with Crippen LogP contribution < -0.4 is 0 Å². The van der Waals surface area contributed by atoms with Crippen molar-refractivity contribution in [2.75, 3.05) is 0 Å². The number of Topliss-reactive ketones (excluding diaryl/α,β-unsaturated/α-hetero) is 1. The first kappa shape index (κ1) is 13.2. The lowest BCUT2D eigenvalue weighted by Gasteiger charge is -2.03. The highest BCUT2D eigenvalue weighted by Crippen LogP contribution is 2.23. The molecule has 0 saturated carbocycles. The van der Waals surface area contributed by atoms with Gasteiger partial charge in [0.25, 0.3) is 0 Å². The summed E-state index contributed by atoms with van der Waals surface area (Å²) in [6, 6.07) is 10.7. The second-order valence-electron chi connectivity index (χ2n) is 4.42. The molecule has 20 heavy (non-hydrogen) atoms. The average Bonchev–Trinajstić information content (AvgIpc) is 2.86. The Labute approximate surface area is 125 Å². The maximum atomic E-state index is 12.4. The average molecular weight is 305 g/mol. The number of ketones is 1. The summed E-state index contributed by atoms with van der Waals surface area (Å²) in [5, 5.41) is 5.22. The highest BCUT2D eigenvalue weighted by Gasteiger charge is 2.14. The van der Waals surface area contributed by atoms with E-state index < -0.39 is 0 Å². The van der Waals surface area contributed by atoms with Crippen molar-refractivity contribution in [1.29, 1.82) is 0 Å². The molecule has 0 amide bonds. The number of pyridine rings is 1. The largest absolute Gasteiger partial charge is 0.294 e. The first-order valence-electron chi connectivity index (χ1n) is 6.04. The van der Waals surface area contributed by atoms with Crippen molar-refractivity contribution in [2.45, 2.75) is 6.42 Å². The minimum absolute atomic E-state index is 0.0181. The molecule has 0 aliphatic heterocycles. The smallest absolute Gasteiger partial charge is 0.171 e. The summed E-state index contributed by atoms with van der Waals surface area (Å²) in [6.07, 6.45) is 3.62. The van der Waals surface area contributed by atoms with Crippen LogP contribution in [0.25, 0.3) is 5.52 Å². The normalized spacial score (nSPS) is 10.9. The highest BCUT2D eigenvalue weighted by molar-refractivity contribution is 6.35. The molecule has 0 bridgehead atoms. The number of carbonyl (C=O) groups excluding carboxylic acids is 1. The van der Waals surface area contributed by atoms with E-state index in [0.717, 1.165) is 11.1 Å². The molecule has 3 aromatic rings. The van der Waals surface area contributed by atoms with E-state index in [9.17, 15) is 4.79 Å². The predicted octanol–water partition coefficient (Wildman–Crippen LogP) is 4.07. The zero-order valence-electron chi connectivity index (χ0n) is 10.4. The van der Waals surface area contributed by atoms with Crippen molar-refractivity contribution in [2.24, 2.45) is 0 Å². The summed E-state index contributed by atoms with van der Waals surface area (Å²) in [7, 11) is 0. The van der Waals surface area contributed by atoms with Gasteiger partial charge in [0, 0.05) is 22.7 Å². The van der Waals surface area contributed by atoms with Crippen LogP contribution in [0.4, 0.5) is 0 Å². The van der Waals surface area contributed by atoms with Gasteiger partial charge in [0.1, 0.15) is 0 Å². The fraction of sp³-hybridized carbons (Fsp3) is 0.0667. The van der Waals surface area contributed by atoms with E-state index in [0.29, 0.717) is 15.6 Å². The van der Waals surface area contributed by atoms with Crippen LogP contribution in [0.3, 0.4) is 0 Å². The standard InChI is InChI=1S/C15H10Cl2N2O/c16-11-5-4-10(13(17)8-11)7-15(20)12-9-18-19-6-2-1-3-14(12)19/h1-6,8-9H,7H2. The van der Waals surface area contributed by atoms with E-state index in [1.165, 1.54) is 0 Å². The fourth-order valence-corrected chi connectivity index (χ4v) is 2.56.